The minimum Gasteiger partial charge on any atom is -0.481 e. The van der Waals surface area contributed by atoms with E-state index in [-0.39, 0.29) is 43.4 Å². The minimum absolute atomic E-state index is 0.0159. The lowest BCUT2D eigenvalue weighted by atomic mass is 9.97. The first-order valence-electron chi connectivity index (χ1n) is 5.16. The van der Waals surface area contributed by atoms with E-state index in [9.17, 15) is 22.4 Å². The lowest BCUT2D eigenvalue weighted by Crippen LogP contribution is -2.29. The highest BCUT2D eigenvalue weighted by Gasteiger charge is 2.40. The quantitative estimate of drug-likeness (QED) is 0.601. The molecule has 0 aromatic carbocycles. The highest BCUT2D eigenvalue weighted by atomic mass is 19.3. The maximum absolute atomic E-state index is 13.1. The van der Waals surface area contributed by atoms with Crippen LogP contribution in [0.3, 0.4) is 0 Å². The summed E-state index contributed by atoms with van der Waals surface area (Å²) in [6, 6.07) is 0. The molecule has 1 N–H and O–H groups in total. The van der Waals surface area contributed by atoms with Gasteiger partial charge in [-0.3, -0.25) is 4.79 Å². The Morgan fingerprint density at radius 3 is 2.65 bits per heavy atom. The minimum atomic E-state index is -3.68. The Balaban J connectivity index is 2.53. The summed E-state index contributed by atoms with van der Waals surface area (Å²) in [6.45, 7) is 0. The number of carboxylic acid groups (broad SMARTS) is 1. The molecule has 96 valence electrons. The molecule has 6 heteroatoms. The van der Waals surface area contributed by atoms with Gasteiger partial charge in [0.25, 0.3) is 0 Å². The second kappa shape index (κ2) is 5.33. The lowest BCUT2D eigenvalue weighted by molar-refractivity contribution is -0.137. The number of halogens is 4. The molecule has 17 heavy (non-hydrogen) atoms. The van der Waals surface area contributed by atoms with Crippen molar-refractivity contribution in [3.63, 3.8) is 0 Å². The molecule has 0 saturated heterocycles. The summed E-state index contributed by atoms with van der Waals surface area (Å²) in [5.41, 5.74) is -0.255. The van der Waals surface area contributed by atoms with Gasteiger partial charge in [0, 0.05) is 6.42 Å². The fourth-order valence-corrected chi connectivity index (χ4v) is 1.51. The molecule has 0 bridgehead atoms. The first-order valence-corrected chi connectivity index (χ1v) is 5.16. The topological polar surface area (TPSA) is 37.3 Å². The summed E-state index contributed by atoms with van der Waals surface area (Å²) >= 11 is 0. The summed E-state index contributed by atoms with van der Waals surface area (Å²) < 4.78 is 51.6. The predicted octanol–water partition coefficient (Wildman–Crippen LogP) is 3.40. The van der Waals surface area contributed by atoms with Crippen LogP contribution < -0.4 is 0 Å². The van der Waals surface area contributed by atoms with E-state index in [0.29, 0.717) is 0 Å². The number of hydrogen-bond acceptors (Lipinski definition) is 1. The van der Waals surface area contributed by atoms with E-state index in [2.05, 4.69) is 0 Å². The standard InChI is InChI=1S/C11H12F4O2/c12-8-5-9(13)11(14,15)6-7(8)3-1-2-4-10(16)17/h5-6,9H,1-4H2,(H,16,17). The largest absolute Gasteiger partial charge is 0.481 e. The zero-order chi connectivity index (χ0) is 13.1. The van der Waals surface area contributed by atoms with Gasteiger partial charge in [-0.2, -0.15) is 8.78 Å². The van der Waals surface area contributed by atoms with Gasteiger partial charge < -0.3 is 5.11 Å². The third kappa shape index (κ3) is 3.87. The Kier molecular flexibility index (Phi) is 4.31. The molecule has 0 aromatic rings. The van der Waals surface area contributed by atoms with E-state index in [4.69, 9.17) is 5.11 Å². The SMILES string of the molecule is O=C(O)CCCCC1=CC(F)(F)C(F)C=C1F. The van der Waals surface area contributed by atoms with E-state index >= 15 is 0 Å². The Morgan fingerprint density at radius 2 is 2.06 bits per heavy atom. The second-order valence-electron chi connectivity index (χ2n) is 3.86. The van der Waals surface area contributed by atoms with Gasteiger partial charge in [-0.15, -0.1) is 0 Å². The lowest BCUT2D eigenvalue weighted by Gasteiger charge is -2.21. The fraction of sp³-hybridized carbons (Fsp3) is 0.545. The van der Waals surface area contributed by atoms with Crippen LogP contribution in [0.25, 0.3) is 0 Å². The molecule has 0 aromatic heterocycles. The van der Waals surface area contributed by atoms with Gasteiger partial charge in [0.2, 0.25) is 0 Å². The van der Waals surface area contributed by atoms with E-state index in [1.54, 1.807) is 0 Å². The van der Waals surface area contributed by atoms with Crippen LogP contribution in [0.1, 0.15) is 25.7 Å². The maximum atomic E-state index is 13.1. The second-order valence-corrected chi connectivity index (χ2v) is 3.86. The molecule has 1 rings (SSSR count). The summed E-state index contributed by atoms with van der Waals surface area (Å²) in [4.78, 5) is 10.2. The van der Waals surface area contributed by atoms with Crippen LogP contribution in [0, 0.1) is 0 Å². The zero-order valence-corrected chi connectivity index (χ0v) is 8.93. The molecule has 1 unspecified atom stereocenters. The van der Waals surface area contributed by atoms with Gasteiger partial charge in [0.1, 0.15) is 5.83 Å². The molecule has 1 aliphatic carbocycles. The highest BCUT2D eigenvalue weighted by Crippen LogP contribution is 2.35. The first-order chi connectivity index (χ1) is 7.83. The Labute approximate surface area is 95.6 Å². The van der Waals surface area contributed by atoms with Crippen LogP contribution in [0.15, 0.2) is 23.6 Å². The Bertz CT molecular complexity index is 360. The van der Waals surface area contributed by atoms with E-state index in [1.807, 2.05) is 0 Å². The van der Waals surface area contributed by atoms with Crippen molar-refractivity contribution in [2.45, 2.75) is 37.8 Å². The van der Waals surface area contributed by atoms with Gasteiger partial charge >= 0.3 is 11.9 Å². The Morgan fingerprint density at radius 1 is 1.41 bits per heavy atom. The van der Waals surface area contributed by atoms with Gasteiger partial charge in [-0.05, 0) is 37.0 Å². The number of aliphatic carboxylic acids is 1. The van der Waals surface area contributed by atoms with Crippen LogP contribution in [-0.2, 0) is 4.79 Å². The molecule has 0 aliphatic heterocycles. The number of unbranched alkanes of at least 4 members (excludes halogenated alkanes) is 1. The highest BCUT2D eigenvalue weighted by molar-refractivity contribution is 5.66. The average Bonchev–Trinajstić information content (AvgIpc) is 2.20. The number of carboxylic acids is 1. The maximum Gasteiger partial charge on any atom is 0.303 e. The average molecular weight is 252 g/mol. The molecular formula is C11H12F4O2. The molecule has 1 atom stereocenters. The van der Waals surface area contributed by atoms with Crippen molar-refractivity contribution in [2.24, 2.45) is 0 Å². The van der Waals surface area contributed by atoms with Crippen LogP contribution >= 0.6 is 0 Å². The fourth-order valence-electron chi connectivity index (χ4n) is 1.51. The van der Waals surface area contributed by atoms with Gasteiger partial charge in [0.15, 0.2) is 6.17 Å². The smallest absolute Gasteiger partial charge is 0.303 e. The molecular weight excluding hydrogens is 240 g/mol. The molecule has 0 heterocycles. The van der Waals surface area contributed by atoms with Gasteiger partial charge in [-0.1, -0.05) is 0 Å². The van der Waals surface area contributed by atoms with Crippen LogP contribution in [0.2, 0.25) is 0 Å². The predicted molar refractivity (Wildman–Crippen MR) is 53.2 cm³/mol. The van der Waals surface area contributed by atoms with Crippen molar-refractivity contribution in [2.75, 3.05) is 0 Å². The molecule has 1 aliphatic rings. The first kappa shape index (κ1) is 13.7. The van der Waals surface area contributed by atoms with E-state index in [0.717, 1.165) is 0 Å². The number of alkyl halides is 3. The normalized spacial score (nSPS) is 22.9. The summed E-state index contributed by atoms with van der Waals surface area (Å²) in [5.74, 6) is -5.66. The zero-order valence-electron chi connectivity index (χ0n) is 8.93. The van der Waals surface area contributed by atoms with Crippen molar-refractivity contribution in [1.29, 1.82) is 0 Å². The molecule has 0 spiro atoms. The third-order valence-electron chi connectivity index (χ3n) is 2.42. The van der Waals surface area contributed by atoms with Gasteiger partial charge in [-0.25, -0.2) is 8.78 Å². The summed E-state index contributed by atoms with van der Waals surface area (Å²) in [7, 11) is 0. The van der Waals surface area contributed by atoms with E-state index in [1.165, 1.54) is 0 Å². The number of carbonyl (C=O) groups is 1. The van der Waals surface area contributed by atoms with Crippen molar-refractivity contribution < 1.29 is 27.5 Å². The molecule has 0 fully saturated rings. The number of rotatable bonds is 5. The summed E-state index contributed by atoms with van der Waals surface area (Å²) in [6.07, 6.45) is -1.67. The molecule has 0 radical (unpaired) electrons. The van der Waals surface area contributed by atoms with Crippen LogP contribution in [0.4, 0.5) is 17.6 Å². The van der Waals surface area contributed by atoms with Crippen molar-refractivity contribution in [1.82, 2.24) is 0 Å². The Hall–Kier alpha value is -1.33. The summed E-state index contributed by atoms with van der Waals surface area (Å²) in [5, 5.41) is 8.35. The molecule has 0 saturated carbocycles. The van der Waals surface area contributed by atoms with Crippen molar-refractivity contribution in [3.05, 3.63) is 23.6 Å². The molecule has 0 amide bonds. The van der Waals surface area contributed by atoms with Crippen molar-refractivity contribution >= 4 is 5.97 Å². The van der Waals surface area contributed by atoms with Crippen molar-refractivity contribution in [3.8, 4) is 0 Å². The van der Waals surface area contributed by atoms with E-state index < -0.39 is 23.9 Å². The monoisotopic (exact) mass is 252 g/mol. The molecule has 2 nitrogen and oxygen atoms in total. The third-order valence-corrected chi connectivity index (χ3v) is 2.42. The van der Waals surface area contributed by atoms with Crippen LogP contribution in [0.5, 0.6) is 0 Å². The van der Waals surface area contributed by atoms with Crippen LogP contribution in [-0.4, -0.2) is 23.2 Å². The number of allylic oxidation sites excluding steroid dienone is 4. The van der Waals surface area contributed by atoms with Gasteiger partial charge in [0.05, 0.1) is 0 Å². The number of hydrogen-bond donors (Lipinski definition) is 1.